The van der Waals surface area contributed by atoms with Crippen LogP contribution in [0.2, 0.25) is 0 Å². The molecule has 31 nitrogen and oxygen atoms in total. The fourth-order valence-corrected chi connectivity index (χ4v) is 14.1. The summed E-state index contributed by atoms with van der Waals surface area (Å²) in [5.41, 5.74) is 37.5. The number of rotatable bonds is 20. The van der Waals surface area contributed by atoms with Gasteiger partial charge in [-0.3, -0.25) is 39.0 Å². The molecule has 0 aliphatic heterocycles. The maximum Gasteiger partial charge on any atom is 0.416 e. The van der Waals surface area contributed by atoms with Gasteiger partial charge in [-0.25, -0.2) is 57.7 Å². The summed E-state index contributed by atoms with van der Waals surface area (Å²) in [6.45, 7) is 12.8. The third-order valence-electron chi connectivity index (χ3n) is 19.3. The normalized spacial score (nSPS) is 12.1. The minimum Gasteiger partial charge on any atom is -0.472 e. The molecule has 0 fully saturated rings. The SMILES string of the molecule is Cc1cc(-c2ncn(/C=C(/C(N)=O)c3ccoc3)n2)cc(C(F)(F)F)c1.Cc1cc(-c2ncn(/C=C(/C(N)=O)c3cncc(F)c3)n2)cc(C(F)(F)F)c1.Cc1cc(-c2ncn(/C=C(/C(N)=O)c3nccs3)n2)cc(C(F)(F)F)c1.Cc1cc(C)cc(-c2ncn(/C=C(/C(N)=O)c3ccc4cn[nH]c4c3)n2)c1.Cc1cc(C)cc(-c2ncn(/C=C(/C(N)=O)c3cnc4ccccc4c3)n2)c1. The number of halogens is 10. The molecule has 0 spiro atoms. The van der Waals surface area contributed by atoms with Crippen molar-refractivity contribution in [1.82, 2.24) is 99.0 Å². The van der Waals surface area contributed by atoms with E-state index in [2.05, 4.69) is 87.7 Å². The lowest BCUT2D eigenvalue weighted by Crippen LogP contribution is -2.14. The van der Waals surface area contributed by atoms with E-state index in [1.165, 1.54) is 106 Å². The zero-order valence-electron chi connectivity index (χ0n) is 71.8. The molecule has 17 rings (SSSR count). The topological polar surface area (TPSA) is 449 Å². The molecule has 0 saturated carbocycles. The molecule has 42 heteroatoms. The fourth-order valence-electron chi connectivity index (χ4n) is 13.4. The van der Waals surface area contributed by atoms with Gasteiger partial charge in [-0.15, -0.1) is 36.8 Å². The number of H-pyrrole nitrogens is 1. The first-order valence-electron chi connectivity index (χ1n) is 39.8. The van der Waals surface area contributed by atoms with E-state index in [0.717, 1.165) is 109 Å². The first-order chi connectivity index (χ1) is 64.1. The highest BCUT2D eigenvalue weighted by molar-refractivity contribution is 7.11. The van der Waals surface area contributed by atoms with Crippen LogP contribution in [0, 0.1) is 54.3 Å². The molecular formula is C93H75F10N25O6S. The van der Waals surface area contributed by atoms with Crippen molar-refractivity contribution in [2.45, 2.75) is 67.0 Å². The number of nitrogens with zero attached hydrogens (tertiary/aromatic N) is 19. The number of amides is 5. The van der Waals surface area contributed by atoms with Gasteiger partial charge in [0, 0.05) is 110 Å². The zero-order valence-corrected chi connectivity index (χ0v) is 72.7. The number of furan rings is 1. The van der Waals surface area contributed by atoms with Crippen molar-refractivity contribution in [1.29, 1.82) is 0 Å². The maximum atomic E-state index is 13.4. The maximum absolute atomic E-state index is 13.4. The second-order valence-electron chi connectivity index (χ2n) is 30.1. The molecule has 0 atom stereocenters. The average Bonchev–Trinajstić information content (AvgIpc) is 1.68. The Kier molecular flexibility index (Phi) is 28.7. The van der Waals surface area contributed by atoms with E-state index in [4.69, 9.17) is 33.1 Å². The molecule has 11 N–H and O–H groups in total. The van der Waals surface area contributed by atoms with Gasteiger partial charge in [0.25, 0.3) is 29.5 Å². The van der Waals surface area contributed by atoms with Crippen LogP contribution in [0.5, 0.6) is 0 Å². The van der Waals surface area contributed by atoms with Gasteiger partial charge in [0.05, 0.1) is 80.5 Å². The number of aryl methyl sites for hydroxylation is 7. The molecule has 0 saturated heterocycles. The Balaban J connectivity index is 0.000000143. The average molecular weight is 1860 g/mol. The predicted octanol–water partition coefficient (Wildman–Crippen LogP) is 16.4. The third-order valence-corrected chi connectivity index (χ3v) is 20.1. The summed E-state index contributed by atoms with van der Waals surface area (Å²) >= 11 is 1.22. The number of pyridine rings is 2. The predicted molar refractivity (Wildman–Crippen MR) is 485 cm³/mol. The Bertz CT molecular complexity index is 7260. The van der Waals surface area contributed by atoms with E-state index in [1.807, 2.05) is 100 Å². The second kappa shape index (κ2) is 40.7. The van der Waals surface area contributed by atoms with Crippen LogP contribution in [0.1, 0.15) is 82.9 Å². The second-order valence-corrected chi connectivity index (χ2v) is 31.0. The molecule has 0 radical (unpaired) electrons. The van der Waals surface area contributed by atoms with Crippen molar-refractivity contribution in [3.8, 4) is 56.9 Å². The summed E-state index contributed by atoms with van der Waals surface area (Å²) < 4.78 is 142. The number of fused-ring (bicyclic) bond motifs is 2. The Morgan fingerprint density at radius 2 is 0.741 bits per heavy atom. The number of para-hydroxylation sites is 1. The number of aromatic nitrogens is 20. The molecule has 135 heavy (non-hydrogen) atoms. The van der Waals surface area contributed by atoms with Gasteiger partial charge in [0.15, 0.2) is 29.1 Å². The number of hydrogen-bond acceptors (Lipinski definition) is 21. The van der Waals surface area contributed by atoms with Crippen LogP contribution < -0.4 is 28.7 Å². The largest absolute Gasteiger partial charge is 0.472 e. The summed E-state index contributed by atoms with van der Waals surface area (Å²) in [5.74, 6) is -2.66. The summed E-state index contributed by atoms with van der Waals surface area (Å²) in [6, 6.07) is 40.6. The minimum absolute atomic E-state index is 0.0200. The van der Waals surface area contributed by atoms with Crippen LogP contribution in [0.15, 0.2) is 237 Å². The monoisotopic (exact) mass is 1860 g/mol. The molecule has 0 aliphatic carbocycles. The van der Waals surface area contributed by atoms with Gasteiger partial charge in [0.2, 0.25) is 0 Å². The van der Waals surface area contributed by atoms with E-state index < -0.39 is 70.6 Å². The number of carbonyl (C=O) groups excluding carboxylic acids is 5. The minimum atomic E-state index is -4.51. The lowest BCUT2D eigenvalue weighted by atomic mass is 10.1. The Morgan fingerprint density at radius 3 is 1.11 bits per heavy atom. The van der Waals surface area contributed by atoms with Gasteiger partial charge in [-0.05, 0) is 180 Å². The van der Waals surface area contributed by atoms with Crippen LogP contribution >= 0.6 is 11.3 Å². The van der Waals surface area contributed by atoms with Gasteiger partial charge in [-0.2, -0.15) is 44.6 Å². The summed E-state index contributed by atoms with van der Waals surface area (Å²) in [4.78, 5) is 91.8. The lowest BCUT2D eigenvalue weighted by molar-refractivity contribution is -0.138. The van der Waals surface area contributed by atoms with Crippen molar-refractivity contribution >= 4 is 122 Å². The van der Waals surface area contributed by atoms with Gasteiger partial charge in [-0.1, -0.05) is 64.7 Å². The number of primary amides is 5. The Labute approximate surface area is 762 Å². The van der Waals surface area contributed by atoms with Crippen molar-refractivity contribution in [2.24, 2.45) is 28.7 Å². The summed E-state index contributed by atoms with van der Waals surface area (Å²) in [5, 5.41) is 32.1. The molecule has 7 aromatic carbocycles. The van der Waals surface area contributed by atoms with Crippen molar-refractivity contribution < 1.29 is 72.3 Å². The van der Waals surface area contributed by atoms with Crippen LogP contribution in [0.25, 0.3) is 138 Å². The zero-order chi connectivity index (χ0) is 96.9. The van der Waals surface area contributed by atoms with E-state index in [-0.39, 0.29) is 56.4 Å². The Morgan fingerprint density at radius 1 is 0.370 bits per heavy atom. The lowest BCUT2D eigenvalue weighted by Gasteiger charge is -2.09. The van der Waals surface area contributed by atoms with Crippen LogP contribution in [-0.2, 0) is 42.5 Å². The molecule has 684 valence electrons. The van der Waals surface area contributed by atoms with Gasteiger partial charge in [0.1, 0.15) is 42.5 Å². The number of hydrogen-bond donors (Lipinski definition) is 6. The van der Waals surface area contributed by atoms with E-state index in [9.17, 15) is 67.9 Å². The van der Waals surface area contributed by atoms with E-state index in [0.29, 0.717) is 61.2 Å². The molecule has 0 bridgehead atoms. The smallest absolute Gasteiger partial charge is 0.416 e. The number of carbonyl (C=O) groups is 5. The highest BCUT2D eigenvalue weighted by atomic mass is 32.1. The number of aromatic amines is 1. The van der Waals surface area contributed by atoms with Crippen LogP contribution in [-0.4, -0.2) is 129 Å². The molecule has 5 amide bonds. The van der Waals surface area contributed by atoms with Crippen LogP contribution in [0.3, 0.4) is 0 Å². The van der Waals surface area contributed by atoms with Gasteiger partial charge >= 0.3 is 18.5 Å². The summed E-state index contributed by atoms with van der Waals surface area (Å²) in [6.07, 6.45) is 10.2. The van der Waals surface area contributed by atoms with E-state index >= 15 is 0 Å². The molecule has 17 aromatic rings. The highest BCUT2D eigenvalue weighted by Crippen LogP contribution is 2.37. The quantitative estimate of drug-likeness (QED) is 0.0305. The number of benzene rings is 7. The first kappa shape index (κ1) is 95.1. The number of alkyl halides is 9. The fraction of sp³-hybridized carbons (Fsp3) is 0.108. The van der Waals surface area contributed by atoms with Crippen molar-refractivity contribution in [2.75, 3.05) is 0 Å². The molecule has 0 aliphatic rings. The number of thiazole rings is 1. The molecular weight excluding hydrogens is 1790 g/mol. The third kappa shape index (κ3) is 24.7. The van der Waals surface area contributed by atoms with E-state index in [1.54, 1.807) is 74.9 Å². The summed E-state index contributed by atoms with van der Waals surface area (Å²) in [7, 11) is 0. The number of nitrogens with one attached hydrogen (secondary N) is 1. The molecule has 10 aromatic heterocycles. The standard InChI is InChI=1S/C22H19N5O.C20H18N6O.C18H13F4N5O.C17H13F3N4O2.C16H12F3N5OS/c1-14-7-15(2)9-17(8-14)22-25-13-27(26-22)12-19(21(23)28)18-10-16-5-3-4-6-20(16)24-11-18;1-12-5-13(2)7-16(6-12)20-22-11-26(25-20)10-17(19(21)27)14-3-4-15-9-23-24-18(15)8-14;1-10-2-11(4-13(3-10)18(20,21)22)17-25-9-27(26-17)8-15(16(23)28)12-5-14(19)7-24-6-12;1-10-4-12(6-13(5-10)17(18,19)20)16-22-9-24(23-16)7-14(15(21)25)11-2-3-26-8-11;1-9-4-10(6-11(5-9)16(17,18)19)14-22-8-24(23-14)7-12(13(20)25)15-21-2-3-26-15/h3-13H,1-2H3,(H2,23,28);3-11H,1-2H3,(H2,21,27)(H,23,24);2-9H,1H3,(H2,23,28);2-9H,1H3,(H2,21,25);2-8H,1H3,(H2,20,25)/b19-12+;17-10+;15-8+;14-7+;12-7-. The molecule has 10 heterocycles. The van der Waals surface area contributed by atoms with Crippen LogP contribution in [0.4, 0.5) is 43.9 Å². The van der Waals surface area contributed by atoms with Crippen molar-refractivity contribution in [3.05, 3.63) is 321 Å². The Hall–Kier alpha value is -17.5. The first-order valence-corrected chi connectivity index (χ1v) is 40.7. The molecule has 0 unspecified atom stereocenters. The van der Waals surface area contributed by atoms with Gasteiger partial charge < -0.3 is 33.1 Å². The highest BCUT2D eigenvalue weighted by Gasteiger charge is 2.34. The number of nitrogens with two attached hydrogens (primary N) is 5. The van der Waals surface area contributed by atoms with Crippen molar-refractivity contribution in [3.63, 3.8) is 0 Å².